The molecular weight excluding hydrogens is 689 g/mol. The first-order valence-corrected chi connectivity index (χ1v) is 20.7. The minimum atomic E-state index is 1.34. The summed E-state index contributed by atoms with van der Waals surface area (Å²) in [4.78, 5) is 21.7. The fraction of sp³-hybridized carbons (Fsp3) is 0.111. The molecule has 8 rings (SSSR count). The van der Waals surface area contributed by atoms with Crippen molar-refractivity contribution in [3.63, 3.8) is 0 Å². The second-order valence-electron chi connectivity index (χ2n) is 10.7. The lowest BCUT2D eigenvalue weighted by molar-refractivity contribution is 1.64. The Bertz CT molecular complexity index is 1970. The molecule has 0 aliphatic heterocycles. The van der Waals surface area contributed by atoms with Crippen molar-refractivity contribution in [2.75, 3.05) is 0 Å². The summed E-state index contributed by atoms with van der Waals surface area (Å²) in [6.45, 7) is 8.79. The number of thiophene rings is 8. The van der Waals surface area contributed by atoms with Crippen LogP contribution in [-0.2, 0) is 0 Å². The van der Waals surface area contributed by atoms with Crippen molar-refractivity contribution in [1.82, 2.24) is 0 Å². The van der Waals surface area contributed by atoms with E-state index < -0.39 is 0 Å². The first-order chi connectivity index (χ1) is 21.4. The first kappa shape index (κ1) is 29.0. The van der Waals surface area contributed by atoms with Gasteiger partial charge in [0.2, 0.25) is 0 Å². The van der Waals surface area contributed by atoms with Crippen molar-refractivity contribution in [2.24, 2.45) is 0 Å². The smallest absolute Gasteiger partial charge is 0.0536 e. The fourth-order valence-corrected chi connectivity index (χ4v) is 13.7. The van der Waals surface area contributed by atoms with Crippen LogP contribution < -0.4 is 0 Å². The molecule has 0 atom stereocenters. The Hall–Kier alpha value is -2.40. The minimum absolute atomic E-state index is 1.34. The lowest BCUT2D eigenvalue weighted by Gasteiger charge is -1.98. The Morgan fingerprint density at radius 3 is 0.886 bits per heavy atom. The van der Waals surface area contributed by atoms with E-state index in [1.165, 1.54) is 89.2 Å². The van der Waals surface area contributed by atoms with Crippen LogP contribution in [0.3, 0.4) is 0 Å². The maximum absolute atomic E-state index is 2.42. The third-order valence-electron chi connectivity index (χ3n) is 7.34. The summed E-state index contributed by atoms with van der Waals surface area (Å²) in [7, 11) is 0. The van der Waals surface area contributed by atoms with Crippen LogP contribution in [0.1, 0.15) is 19.5 Å². The van der Waals surface area contributed by atoms with Crippen LogP contribution in [0.5, 0.6) is 0 Å². The van der Waals surface area contributed by atoms with E-state index in [1.807, 2.05) is 90.7 Å². The lowest BCUT2D eigenvalue weighted by Crippen LogP contribution is -1.70. The van der Waals surface area contributed by atoms with Gasteiger partial charge in [-0.3, -0.25) is 0 Å². The predicted molar refractivity (Wildman–Crippen MR) is 206 cm³/mol. The molecule has 0 fully saturated rings. The van der Waals surface area contributed by atoms with Crippen LogP contribution in [0.15, 0.2) is 84.9 Å². The van der Waals surface area contributed by atoms with Gasteiger partial charge in [-0.15, -0.1) is 90.7 Å². The van der Waals surface area contributed by atoms with E-state index in [9.17, 15) is 0 Å². The summed E-state index contributed by atoms with van der Waals surface area (Å²) in [5.74, 6) is 0. The monoisotopic (exact) mass is 714 g/mol. The molecule has 0 nitrogen and oxygen atoms in total. The van der Waals surface area contributed by atoms with Gasteiger partial charge >= 0.3 is 0 Å². The van der Waals surface area contributed by atoms with E-state index in [-0.39, 0.29) is 0 Å². The maximum atomic E-state index is 2.42. The molecule has 0 unspecified atom stereocenters. The highest BCUT2D eigenvalue weighted by molar-refractivity contribution is 7.31. The Morgan fingerprint density at radius 2 is 0.568 bits per heavy atom. The highest BCUT2D eigenvalue weighted by atomic mass is 32.1. The molecule has 8 aromatic heterocycles. The highest BCUT2D eigenvalue weighted by Crippen LogP contribution is 2.51. The van der Waals surface area contributed by atoms with E-state index in [1.54, 1.807) is 0 Å². The average Bonchev–Trinajstić information content (AvgIpc) is 3.83. The Kier molecular flexibility index (Phi) is 7.75. The predicted octanol–water partition coefficient (Wildman–Crippen LogP) is 15.1. The summed E-state index contributed by atoms with van der Waals surface area (Å²) in [5, 5.41) is 0. The maximum Gasteiger partial charge on any atom is 0.0536 e. The second-order valence-corrected chi connectivity index (χ2v) is 20.1. The van der Waals surface area contributed by atoms with Gasteiger partial charge in [0.05, 0.1) is 9.75 Å². The van der Waals surface area contributed by atoms with Gasteiger partial charge in [0.1, 0.15) is 0 Å². The zero-order valence-electron chi connectivity index (χ0n) is 24.3. The summed E-state index contributed by atoms with van der Waals surface area (Å²) >= 11 is 15.2. The molecule has 0 N–H and O–H groups in total. The van der Waals surface area contributed by atoms with Crippen molar-refractivity contribution in [1.29, 1.82) is 0 Å². The van der Waals surface area contributed by atoms with Crippen molar-refractivity contribution < 1.29 is 0 Å². The van der Waals surface area contributed by atoms with Crippen LogP contribution >= 0.6 is 90.7 Å². The minimum Gasteiger partial charge on any atom is -0.141 e. The van der Waals surface area contributed by atoms with E-state index >= 15 is 0 Å². The van der Waals surface area contributed by atoms with Crippen LogP contribution in [-0.4, -0.2) is 0 Å². The zero-order chi connectivity index (χ0) is 29.9. The number of hydrogen-bond acceptors (Lipinski definition) is 8. The van der Waals surface area contributed by atoms with Crippen LogP contribution in [0.25, 0.3) is 69.7 Å². The fourth-order valence-electron chi connectivity index (χ4n) is 5.23. The Morgan fingerprint density at radius 1 is 0.273 bits per heavy atom. The summed E-state index contributed by atoms with van der Waals surface area (Å²) in [6.07, 6.45) is 0. The van der Waals surface area contributed by atoms with Gasteiger partial charge < -0.3 is 0 Å². The van der Waals surface area contributed by atoms with Gasteiger partial charge in [-0.25, -0.2) is 0 Å². The number of aryl methyl sites for hydroxylation is 4. The van der Waals surface area contributed by atoms with Crippen molar-refractivity contribution in [3.8, 4) is 69.7 Å². The number of hydrogen-bond donors (Lipinski definition) is 0. The average molecular weight is 715 g/mol. The second kappa shape index (κ2) is 11.8. The molecular formula is C36H26S8. The van der Waals surface area contributed by atoms with Gasteiger partial charge in [-0.05, 0) is 113 Å². The molecule has 0 aromatic carbocycles. The van der Waals surface area contributed by atoms with Gasteiger partial charge in [0.25, 0.3) is 0 Å². The van der Waals surface area contributed by atoms with E-state index in [4.69, 9.17) is 0 Å². The molecule has 0 amide bonds. The largest absolute Gasteiger partial charge is 0.141 e. The normalized spacial score (nSPS) is 11.6. The van der Waals surface area contributed by atoms with Gasteiger partial charge in [0.15, 0.2) is 0 Å². The third-order valence-corrected chi connectivity index (χ3v) is 16.8. The van der Waals surface area contributed by atoms with Crippen molar-refractivity contribution >= 4 is 90.7 Å². The summed E-state index contributed by atoms with van der Waals surface area (Å²) in [6, 6.07) is 32.2. The summed E-state index contributed by atoms with van der Waals surface area (Å²) in [5.41, 5.74) is 2.73. The molecule has 8 heteroatoms. The highest BCUT2D eigenvalue weighted by Gasteiger charge is 2.20. The molecule has 0 aliphatic carbocycles. The molecule has 0 spiro atoms. The standard InChI is InChI=1S/C36H26S8/c1-19-5-9-25(37-19)23-17-33(43-35(23)31-11-7-21(3)39-31)29-15-13-27(41-29)28-14-16-30(42-28)34-18-24(26-10-6-20(2)38-26)36(44-34)32-12-8-22(4)40-32/h5-18H,1-4H3. The summed E-state index contributed by atoms with van der Waals surface area (Å²) < 4.78 is 0. The SMILES string of the molecule is Cc1ccc(-c2cc(-c3ccc(-c4ccc(-c5cc(-c6ccc(C)s6)c(-c6ccc(C)s6)s5)s4)s3)sc2-c2ccc(C)s2)s1. The molecule has 0 saturated heterocycles. The van der Waals surface area contributed by atoms with Crippen LogP contribution in [0, 0.1) is 27.7 Å². The van der Waals surface area contributed by atoms with Gasteiger partial charge in [-0.1, -0.05) is 0 Å². The third kappa shape index (κ3) is 5.50. The topological polar surface area (TPSA) is 0 Å². The van der Waals surface area contributed by atoms with Crippen molar-refractivity contribution in [3.05, 3.63) is 104 Å². The van der Waals surface area contributed by atoms with E-state index in [0.29, 0.717) is 0 Å². The molecule has 8 heterocycles. The lowest BCUT2D eigenvalue weighted by atomic mass is 10.2. The molecule has 218 valence electrons. The van der Waals surface area contributed by atoms with Gasteiger partial charge in [0, 0.05) is 79.4 Å². The van der Waals surface area contributed by atoms with Crippen molar-refractivity contribution in [2.45, 2.75) is 27.7 Å². The zero-order valence-corrected chi connectivity index (χ0v) is 30.9. The molecule has 0 saturated carbocycles. The molecule has 0 aliphatic rings. The molecule has 44 heavy (non-hydrogen) atoms. The van der Waals surface area contributed by atoms with Crippen LogP contribution in [0.4, 0.5) is 0 Å². The van der Waals surface area contributed by atoms with Crippen LogP contribution in [0.2, 0.25) is 0 Å². The number of rotatable bonds is 7. The van der Waals surface area contributed by atoms with Gasteiger partial charge in [-0.2, -0.15) is 0 Å². The molecule has 0 bridgehead atoms. The molecule has 8 aromatic rings. The Balaban J connectivity index is 1.14. The Labute approximate surface area is 289 Å². The molecule has 0 radical (unpaired) electrons. The first-order valence-electron chi connectivity index (χ1n) is 14.1. The van der Waals surface area contributed by atoms with E-state index in [0.717, 1.165) is 0 Å². The van der Waals surface area contributed by atoms with E-state index in [2.05, 4.69) is 113 Å². The quantitative estimate of drug-likeness (QED) is 0.154.